The Hall–Kier alpha value is -2.71. The average molecular weight is 424 g/mol. The van der Waals surface area contributed by atoms with Crippen LogP contribution in [0.3, 0.4) is 0 Å². The standard InChI is InChI=1S/C19H15ClFNO5S/c1-25-14-6-10(7-15(26-2)17(14)27-3)8-16-18(23)22(19(24)28-16)11-4-5-13(21)12(20)9-11/h4-9H,1-3H3/b16-8-. The molecule has 6 nitrogen and oxygen atoms in total. The lowest BCUT2D eigenvalue weighted by Gasteiger charge is -2.13. The normalized spacial score (nSPS) is 15.3. The van der Waals surface area contributed by atoms with Crippen molar-refractivity contribution in [2.45, 2.75) is 0 Å². The van der Waals surface area contributed by atoms with Crippen LogP contribution in [0.5, 0.6) is 17.2 Å². The molecule has 2 aromatic rings. The number of halogens is 2. The molecule has 0 radical (unpaired) electrons. The molecular weight excluding hydrogens is 409 g/mol. The van der Waals surface area contributed by atoms with Gasteiger partial charge in [-0.15, -0.1) is 0 Å². The monoisotopic (exact) mass is 423 g/mol. The van der Waals surface area contributed by atoms with Crippen molar-refractivity contribution in [3.05, 3.63) is 51.6 Å². The second kappa shape index (κ2) is 8.12. The van der Waals surface area contributed by atoms with Gasteiger partial charge < -0.3 is 14.2 Å². The summed E-state index contributed by atoms with van der Waals surface area (Å²) < 4.78 is 29.2. The zero-order chi connectivity index (χ0) is 20.4. The number of thioether (sulfide) groups is 1. The fourth-order valence-electron chi connectivity index (χ4n) is 2.65. The molecule has 9 heteroatoms. The topological polar surface area (TPSA) is 65.1 Å². The number of anilines is 1. The molecule has 0 atom stereocenters. The van der Waals surface area contributed by atoms with Crippen molar-refractivity contribution in [3.8, 4) is 17.2 Å². The highest BCUT2D eigenvalue weighted by molar-refractivity contribution is 8.19. The fraction of sp³-hybridized carbons (Fsp3) is 0.158. The SMILES string of the molecule is COc1cc(/C=C2\SC(=O)N(c3ccc(F)c(Cl)c3)C2=O)cc(OC)c1OC. The number of hydrogen-bond donors (Lipinski definition) is 0. The van der Waals surface area contributed by atoms with Crippen LogP contribution >= 0.6 is 23.4 Å². The number of amides is 2. The van der Waals surface area contributed by atoms with Gasteiger partial charge in [-0.1, -0.05) is 11.6 Å². The van der Waals surface area contributed by atoms with Crippen molar-refractivity contribution in [1.29, 1.82) is 0 Å². The summed E-state index contributed by atoms with van der Waals surface area (Å²) in [5.41, 5.74) is 0.777. The van der Waals surface area contributed by atoms with Gasteiger partial charge in [0.15, 0.2) is 11.5 Å². The number of imide groups is 1. The first-order chi connectivity index (χ1) is 13.4. The summed E-state index contributed by atoms with van der Waals surface area (Å²) in [7, 11) is 4.44. The summed E-state index contributed by atoms with van der Waals surface area (Å²) >= 11 is 6.53. The first-order valence-electron chi connectivity index (χ1n) is 7.92. The molecule has 1 aliphatic rings. The minimum Gasteiger partial charge on any atom is -0.493 e. The van der Waals surface area contributed by atoms with E-state index in [1.54, 1.807) is 18.2 Å². The van der Waals surface area contributed by atoms with E-state index in [-0.39, 0.29) is 15.6 Å². The second-order valence-electron chi connectivity index (χ2n) is 5.57. The lowest BCUT2D eigenvalue weighted by Crippen LogP contribution is -2.27. The number of rotatable bonds is 5. The van der Waals surface area contributed by atoms with Gasteiger partial charge in [0.2, 0.25) is 5.75 Å². The van der Waals surface area contributed by atoms with Crippen LogP contribution in [0.2, 0.25) is 5.02 Å². The predicted molar refractivity (Wildman–Crippen MR) is 106 cm³/mol. The van der Waals surface area contributed by atoms with E-state index < -0.39 is 17.0 Å². The molecule has 0 saturated carbocycles. The predicted octanol–water partition coefficient (Wildman–Crippen LogP) is 4.75. The van der Waals surface area contributed by atoms with Gasteiger partial charge in [-0.3, -0.25) is 9.59 Å². The van der Waals surface area contributed by atoms with Crippen molar-refractivity contribution in [1.82, 2.24) is 0 Å². The van der Waals surface area contributed by atoms with Crippen LogP contribution in [-0.4, -0.2) is 32.5 Å². The molecule has 0 spiro atoms. The van der Waals surface area contributed by atoms with Gasteiger partial charge >= 0.3 is 0 Å². The van der Waals surface area contributed by atoms with Gasteiger partial charge in [0.05, 0.1) is 36.9 Å². The van der Waals surface area contributed by atoms with Crippen LogP contribution in [0.25, 0.3) is 6.08 Å². The molecular formula is C19H15ClFNO5S. The van der Waals surface area contributed by atoms with Crippen LogP contribution in [0.4, 0.5) is 14.9 Å². The van der Waals surface area contributed by atoms with Crippen molar-refractivity contribution < 1.29 is 28.2 Å². The summed E-state index contributed by atoms with van der Waals surface area (Å²) in [4.78, 5) is 26.2. The molecule has 1 aliphatic heterocycles. The maximum Gasteiger partial charge on any atom is 0.298 e. The lowest BCUT2D eigenvalue weighted by molar-refractivity contribution is -0.113. The third-order valence-electron chi connectivity index (χ3n) is 3.94. The van der Waals surface area contributed by atoms with Crippen LogP contribution in [0.1, 0.15) is 5.56 Å². The van der Waals surface area contributed by atoms with E-state index in [0.29, 0.717) is 22.8 Å². The Morgan fingerprint density at radius 3 is 2.21 bits per heavy atom. The van der Waals surface area contributed by atoms with Crippen LogP contribution in [-0.2, 0) is 4.79 Å². The number of nitrogens with zero attached hydrogens (tertiary/aromatic N) is 1. The van der Waals surface area contributed by atoms with Gasteiger partial charge in [-0.25, -0.2) is 9.29 Å². The molecule has 28 heavy (non-hydrogen) atoms. The Labute approximate surface area is 169 Å². The highest BCUT2D eigenvalue weighted by atomic mass is 35.5. The highest BCUT2D eigenvalue weighted by Crippen LogP contribution is 2.41. The summed E-state index contributed by atoms with van der Waals surface area (Å²) in [6.45, 7) is 0. The van der Waals surface area contributed by atoms with E-state index in [1.807, 2.05) is 0 Å². The minimum atomic E-state index is -0.634. The van der Waals surface area contributed by atoms with Crippen molar-refractivity contribution in [2.24, 2.45) is 0 Å². The van der Waals surface area contributed by atoms with E-state index in [0.717, 1.165) is 22.7 Å². The van der Waals surface area contributed by atoms with Crippen LogP contribution in [0, 0.1) is 5.82 Å². The number of carbonyl (C=O) groups is 2. The molecule has 2 aromatic carbocycles. The zero-order valence-corrected chi connectivity index (χ0v) is 16.7. The number of ether oxygens (including phenoxy) is 3. The third kappa shape index (κ3) is 3.65. The molecule has 0 bridgehead atoms. The third-order valence-corrected chi connectivity index (χ3v) is 5.10. The minimum absolute atomic E-state index is 0.176. The van der Waals surface area contributed by atoms with Gasteiger partial charge in [0, 0.05) is 0 Å². The van der Waals surface area contributed by atoms with Gasteiger partial charge in [-0.05, 0) is 53.7 Å². The lowest BCUT2D eigenvalue weighted by atomic mass is 10.1. The van der Waals surface area contributed by atoms with E-state index in [1.165, 1.54) is 33.5 Å². The number of carbonyl (C=O) groups excluding carboxylic acids is 2. The Kier molecular flexibility index (Phi) is 5.81. The molecule has 1 fully saturated rings. The summed E-state index contributed by atoms with van der Waals surface area (Å²) in [5, 5.41) is -0.684. The van der Waals surface area contributed by atoms with E-state index in [4.69, 9.17) is 25.8 Å². The molecule has 146 valence electrons. The number of hydrogen-bond acceptors (Lipinski definition) is 6. The van der Waals surface area contributed by atoms with Crippen LogP contribution in [0.15, 0.2) is 35.2 Å². The molecule has 2 amide bonds. The first kappa shape index (κ1) is 20.0. The van der Waals surface area contributed by atoms with E-state index in [9.17, 15) is 14.0 Å². The zero-order valence-electron chi connectivity index (χ0n) is 15.1. The smallest absolute Gasteiger partial charge is 0.298 e. The Morgan fingerprint density at radius 1 is 1.04 bits per heavy atom. The van der Waals surface area contributed by atoms with E-state index in [2.05, 4.69) is 0 Å². The highest BCUT2D eigenvalue weighted by Gasteiger charge is 2.36. The largest absolute Gasteiger partial charge is 0.493 e. The molecule has 0 N–H and O–H groups in total. The van der Waals surface area contributed by atoms with Crippen molar-refractivity contribution in [2.75, 3.05) is 26.2 Å². The van der Waals surface area contributed by atoms with Gasteiger partial charge in [-0.2, -0.15) is 0 Å². The van der Waals surface area contributed by atoms with E-state index >= 15 is 0 Å². The van der Waals surface area contributed by atoms with Gasteiger partial charge in [0.1, 0.15) is 5.82 Å². The Morgan fingerprint density at radius 2 is 1.68 bits per heavy atom. The summed E-state index contributed by atoms with van der Waals surface area (Å²) in [6.07, 6.45) is 1.54. The molecule has 0 unspecified atom stereocenters. The van der Waals surface area contributed by atoms with Crippen molar-refractivity contribution >= 4 is 46.3 Å². The Balaban J connectivity index is 1.99. The maximum absolute atomic E-state index is 13.4. The maximum atomic E-state index is 13.4. The van der Waals surface area contributed by atoms with Crippen molar-refractivity contribution in [3.63, 3.8) is 0 Å². The molecule has 0 aliphatic carbocycles. The molecule has 3 rings (SSSR count). The molecule has 1 saturated heterocycles. The summed E-state index contributed by atoms with van der Waals surface area (Å²) in [5.74, 6) is 0.0725. The number of benzene rings is 2. The first-order valence-corrected chi connectivity index (χ1v) is 9.12. The second-order valence-corrected chi connectivity index (χ2v) is 6.97. The van der Waals surface area contributed by atoms with Crippen LogP contribution < -0.4 is 19.1 Å². The average Bonchev–Trinajstić information content (AvgIpc) is 2.96. The quantitative estimate of drug-likeness (QED) is 0.647. The molecule has 1 heterocycles. The number of methoxy groups -OCH3 is 3. The summed E-state index contributed by atoms with van der Waals surface area (Å²) in [6, 6.07) is 6.97. The molecule has 0 aromatic heterocycles. The Bertz CT molecular complexity index is 969. The van der Waals surface area contributed by atoms with Gasteiger partial charge in [0.25, 0.3) is 11.1 Å². The fourth-order valence-corrected chi connectivity index (χ4v) is 3.67.